The average molecular weight is 669 g/mol. The maximum Gasteiger partial charge on any atom is 0.164 e. The van der Waals surface area contributed by atoms with Gasteiger partial charge in [0, 0.05) is 57.6 Å². The van der Waals surface area contributed by atoms with Crippen molar-refractivity contribution >= 4 is 60.7 Å². The van der Waals surface area contributed by atoms with E-state index in [9.17, 15) is 0 Å². The number of fused-ring (bicyclic) bond motifs is 9. The summed E-state index contributed by atoms with van der Waals surface area (Å²) in [5, 5.41) is 7.69. The van der Waals surface area contributed by atoms with Crippen LogP contribution in [0.4, 0.5) is 0 Å². The second-order valence-electron chi connectivity index (χ2n) is 13.3. The summed E-state index contributed by atoms with van der Waals surface area (Å²) in [7, 11) is 0. The van der Waals surface area contributed by atoms with E-state index in [1.54, 1.807) is 0 Å². The maximum absolute atomic E-state index is 6.25. The molecule has 0 fully saturated rings. The van der Waals surface area contributed by atoms with Crippen molar-refractivity contribution in [2.24, 2.45) is 4.99 Å². The molecule has 0 N–H and O–H groups in total. The molecule has 10 aromatic rings. The molecule has 52 heavy (non-hydrogen) atoms. The van der Waals surface area contributed by atoms with Crippen LogP contribution in [0.2, 0.25) is 0 Å². The number of nitrogens with zero attached hydrogens (tertiary/aromatic N) is 4. The second kappa shape index (κ2) is 11.3. The molecule has 0 saturated heterocycles. The number of furan rings is 2. The first kappa shape index (κ1) is 28.9. The van der Waals surface area contributed by atoms with Crippen LogP contribution in [-0.2, 0) is 6.42 Å². The quantitative estimate of drug-likeness (QED) is 0.186. The topological polar surface area (TPSA) is 77.3 Å². The molecule has 4 heterocycles. The highest BCUT2D eigenvalue weighted by molar-refractivity contribution is 6.17. The molecule has 0 saturated carbocycles. The van der Waals surface area contributed by atoms with Crippen LogP contribution in [0.1, 0.15) is 11.3 Å². The fourth-order valence-electron chi connectivity index (χ4n) is 7.86. The normalized spacial score (nSPS) is 12.8. The lowest BCUT2D eigenvalue weighted by atomic mass is 9.93. The lowest BCUT2D eigenvalue weighted by molar-refractivity contribution is 0.547. The maximum atomic E-state index is 6.25. The van der Waals surface area contributed by atoms with E-state index in [1.165, 1.54) is 16.3 Å². The first-order valence-electron chi connectivity index (χ1n) is 17.5. The fraction of sp³-hybridized carbons (Fsp3) is 0.0435. The van der Waals surface area contributed by atoms with Crippen molar-refractivity contribution in [3.05, 3.63) is 151 Å². The van der Waals surface area contributed by atoms with E-state index in [4.69, 9.17) is 23.8 Å². The summed E-state index contributed by atoms with van der Waals surface area (Å²) in [6.45, 7) is 0.770. The molecular formula is C46H28N4O2. The van der Waals surface area contributed by atoms with Gasteiger partial charge in [-0.25, -0.2) is 15.0 Å². The van der Waals surface area contributed by atoms with E-state index >= 15 is 0 Å². The van der Waals surface area contributed by atoms with Gasteiger partial charge in [-0.1, -0.05) is 115 Å². The fourth-order valence-corrected chi connectivity index (χ4v) is 7.86. The molecule has 0 amide bonds. The van der Waals surface area contributed by atoms with Crippen molar-refractivity contribution in [3.8, 4) is 45.3 Å². The first-order chi connectivity index (χ1) is 25.8. The van der Waals surface area contributed by atoms with Crippen LogP contribution in [-0.4, -0.2) is 27.7 Å². The Hall–Kier alpha value is -6.92. The Bertz CT molecular complexity index is 3080. The highest BCUT2D eigenvalue weighted by atomic mass is 16.3. The summed E-state index contributed by atoms with van der Waals surface area (Å²) in [6.07, 6.45) is 2.81. The van der Waals surface area contributed by atoms with Crippen molar-refractivity contribution in [2.45, 2.75) is 6.42 Å². The Morgan fingerprint density at radius 3 is 2.10 bits per heavy atom. The van der Waals surface area contributed by atoms with Crippen LogP contribution in [0.25, 0.3) is 99.7 Å². The van der Waals surface area contributed by atoms with Gasteiger partial charge in [0.05, 0.1) is 0 Å². The zero-order valence-electron chi connectivity index (χ0n) is 27.9. The Kier molecular flexibility index (Phi) is 6.28. The molecule has 0 atom stereocenters. The molecule has 0 unspecified atom stereocenters. The third-order valence-corrected chi connectivity index (χ3v) is 10.3. The molecule has 0 spiro atoms. The van der Waals surface area contributed by atoms with E-state index in [0.29, 0.717) is 17.5 Å². The molecule has 0 radical (unpaired) electrons. The van der Waals surface area contributed by atoms with Crippen LogP contribution in [0, 0.1) is 0 Å². The van der Waals surface area contributed by atoms with E-state index in [0.717, 1.165) is 90.2 Å². The molecule has 11 rings (SSSR count). The minimum absolute atomic E-state index is 0.600. The molecular weight excluding hydrogens is 641 g/mol. The van der Waals surface area contributed by atoms with Gasteiger partial charge >= 0.3 is 0 Å². The Labute approximate surface area is 297 Å². The molecule has 7 aromatic carbocycles. The molecule has 0 aliphatic carbocycles. The number of aliphatic imine (C=N–C) groups is 1. The van der Waals surface area contributed by atoms with Crippen LogP contribution >= 0.6 is 0 Å². The smallest absolute Gasteiger partial charge is 0.164 e. The molecule has 1 aliphatic rings. The Morgan fingerprint density at radius 1 is 0.442 bits per heavy atom. The van der Waals surface area contributed by atoms with Gasteiger partial charge in [0.2, 0.25) is 0 Å². The van der Waals surface area contributed by atoms with Crippen LogP contribution < -0.4 is 0 Å². The zero-order chi connectivity index (χ0) is 34.2. The predicted octanol–water partition coefficient (Wildman–Crippen LogP) is 11.5. The lowest BCUT2D eigenvalue weighted by Crippen LogP contribution is -2.00. The number of benzene rings is 7. The number of hydrogen-bond acceptors (Lipinski definition) is 6. The van der Waals surface area contributed by atoms with Gasteiger partial charge in [0.1, 0.15) is 22.5 Å². The van der Waals surface area contributed by atoms with Crippen molar-refractivity contribution in [2.75, 3.05) is 6.54 Å². The second-order valence-corrected chi connectivity index (χ2v) is 13.3. The van der Waals surface area contributed by atoms with Crippen LogP contribution in [0.5, 0.6) is 0 Å². The van der Waals surface area contributed by atoms with E-state index in [-0.39, 0.29) is 0 Å². The van der Waals surface area contributed by atoms with Crippen molar-refractivity contribution in [3.63, 3.8) is 0 Å². The van der Waals surface area contributed by atoms with E-state index in [2.05, 4.69) is 83.9 Å². The minimum Gasteiger partial charge on any atom is -0.460 e. The van der Waals surface area contributed by atoms with E-state index in [1.807, 2.05) is 66.9 Å². The summed E-state index contributed by atoms with van der Waals surface area (Å²) in [5.74, 6) is 2.86. The molecule has 1 aliphatic heterocycles. The highest BCUT2D eigenvalue weighted by Gasteiger charge is 2.20. The molecule has 3 aromatic heterocycles. The summed E-state index contributed by atoms with van der Waals surface area (Å²) in [4.78, 5) is 19.9. The van der Waals surface area contributed by atoms with Crippen LogP contribution in [0.15, 0.2) is 153 Å². The van der Waals surface area contributed by atoms with Crippen LogP contribution in [0.3, 0.4) is 0 Å². The molecule has 6 heteroatoms. The summed E-state index contributed by atoms with van der Waals surface area (Å²) >= 11 is 0. The minimum atomic E-state index is 0.600. The van der Waals surface area contributed by atoms with Gasteiger partial charge in [-0.3, -0.25) is 4.99 Å². The molecule has 0 bridgehead atoms. The number of para-hydroxylation sites is 1. The average Bonchev–Trinajstić information content (AvgIpc) is 3.79. The summed E-state index contributed by atoms with van der Waals surface area (Å²) in [5.41, 5.74) is 8.74. The first-order valence-corrected chi connectivity index (χ1v) is 17.5. The predicted molar refractivity (Wildman–Crippen MR) is 210 cm³/mol. The molecule has 6 nitrogen and oxygen atoms in total. The van der Waals surface area contributed by atoms with Gasteiger partial charge in [-0.05, 0) is 56.9 Å². The Morgan fingerprint density at radius 2 is 1.15 bits per heavy atom. The summed E-state index contributed by atoms with van der Waals surface area (Å²) in [6, 6.07) is 48.1. The van der Waals surface area contributed by atoms with Crippen molar-refractivity contribution in [1.82, 2.24) is 15.0 Å². The summed E-state index contributed by atoms with van der Waals surface area (Å²) < 4.78 is 12.5. The number of hydrogen-bond donors (Lipinski definition) is 0. The monoisotopic (exact) mass is 668 g/mol. The van der Waals surface area contributed by atoms with Gasteiger partial charge in [-0.2, -0.15) is 0 Å². The van der Waals surface area contributed by atoms with Crippen molar-refractivity contribution in [1.29, 1.82) is 0 Å². The van der Waals surface area contributed by atoms with Gasteiger partial charge in [0.15, 0.2) is 17.5 Å². The zero-order valence-corrected chi connectivity index (χ0v) is 27.9. The standard InChI is InChI=1S/C46H28N4O2/c1-2-9-27(10-3-1)44-48-45(50-46(49-44)36-16-8-18-40-43(36)35-12-4-5-17-38(35)51-40)34-15-6-11-28-25-29(19-20-31(28)34)30-13-7-14-33-32(30)21-22-41-42(33)37-26-47-24-23-39(37)52-41/h1-22,25-26H,23-24H2. The van der Waals surface area contributed by atoms with Gasteiger partial charge < -0.3 is 8.83 Å². The third-order valence-electron chi connectivity index (χ3n) is 10.3. The third kappa shape index (κ3) is 4.44. The van der Waals surface area contributed by atoms with Gasteiger partial charge in [0.25, 0.3) is 0 Å². The van der Waals surface area contributed by atoms with E-state index < -0.39 is 0 Å². The number of rotatable bonds is 4. The number of aromatic nitrogens is 3. The lowest BCUT2D eigenvalue weighted by Gasteiger charge is -2.13. The molecule has 244 valence electrons. The largest absolute Gasteiger partial charge is 0.460 e. The van der Waals surface area contributed by atoms with Crippen molar-refractivity contribution < 1.29 is 8.83 Å². The Balaban J connectivity index is 1.09. The SMILES string of the molecule is C1=NCCc2oc3ccc4c(-c5ccc6c(-c7nc(-c8ccccc8)nc(-c8cccc9oc%10ccccc%10c89)n7)cccc6c5)cccc4c3c21. The highest BCUT2D eigenvalue weighted by Crippen LogP contribution is 2.40. The van der Waals surface area contributed by atoms with Gasteiger partial charge in [-0.15, -0.1) is 0 Å².